The van der Waals surface area contributed by atoms with Crippen LogP contribution in [-0.4, -0.2) is 78.8 Å². The average Bonchev–Trinajstić information content (AvgIpc) is 3.43. The second-order valence-corrected chi connectivity index (χ2v) is 14.1. The van der Waals surface area contributed by atoms with E-state index in [0.29, 0.717) is 39.2 Å². The molecule has 3 heterocycles. The van der Waals surface area contributed by atoms with Crippen molar-refractivity contribution in [2.75, 3.05) is 38.2 Å². The molecule has 3 N–H and O–H groups in total. The Hall–Kier alpha value is -2.41. The van der Waals surface area contributed by atoms with E-state index in [2.05, 4.69) is 36.3 Å². The van der Waals surface area contributed by atoms with E-state index in [-0.39, 0.29) is 23.1 Å². The predicted octanol–water partition coefficient (Wildman–Crippen LogP) is 6.71. The lowest BCUT2D eigenvalue weighted by molar-refractivity contribution is -0.192. The highest BCUT2D eigenvalue weighted by Crippen LogP contribution is 2.58. The number of ketones is 1. The number of carboxylic acids is 1. The topological polar surface area (TPSA) is 108 Å². The van der Waals surface area contributed by atoms with Crippen molar-refractivity contribution in [3.8, 4) is 0 Å². The molecule has 2 saturated heterocycles. The fraction of sp³-hybridized carbons (Fsp3) is 0.531. The van der Waals surface area contributed by atoms with Gasteiger partial charge in [-0.15, -0.1) is 0 Å². The number of hydrogen-bond acceptors (Lipinski definition) is 6. The molecule has 0 bridgehead atoms. The Labute approximate surface area is 280 Å². The normalized spacial score (nSPS) is 24.7. The van der Waals surface area contributed by atoms with Gasteiger partial charge in [0.15, 0.2) is 0 Å². The highest BCUT2D eigenvalue weighted by atomic mass is 35.5. The molecular weight excluding hydrogens is 670 g/mol. The lowest BCUT2D eigenvalue weighted by Crippen LogP contribution is -2.49. The van der Waals surface area contributed by atoms with Crippen molar-refractivity contribution in [2.24, 2.45) is 5.41 Å². The summed E-state index contributed by atoms with van der Waals surface area (Å²) in [5.41, 5.74) is 1.04. The second kappa shape index (κ2) is 14.4. The Morgan fingerprint density at radius 1 is 1.09 bits per heavy atom. The van der Waals surface area contributed by atoms with Gasteiger partial charge < -0.3 is 20.5 Å². The van der Waals surface area contributed by atoms with Crippen molar-refractivity contribution >= 4 is 58.1 Å². The number of halogens is 6. The molecule has 4 atom stereocenters. The van der Waals surface area contributed by atoms with Gasteiger partial charge >= 0.3 is 12.1 Å². The Morgan fingerprint density at radius 2 is 1.74 bits per heavy atom. The van der Waals surface area contributed by atoms with Crippen LogP contribution >= 0.6 is 34.8 Å². The number of amides is 1. The van der Waals surface area contributed by atoms with E-state index in [1.165, 1.54) is 0 Å². The number of rotatable bonds is 7. The monoisotopic (exact) mass is 705 g/mol. The summed E-state index contributed by atoms with van der Waals surface area (Å²) in [5, 5.41) is 15.2. The summed E-state index contributed by atoms with van der Waals surface area (Å²) >= 11 is 19.7. The Bertz CT molecular complexity index is 1460. The summed E-state index contributed by atoms with van der Waals surface area (Å²) in [5.74, 6) is -3.37. The highest BCUT2D eigenvalue weighted by Gasteiger charge is 2.65. The summed E-state index contributed by atoms with van der Waals surface area (Å²) in [4.78, 5) is 39.5. The number of carbonyl (C=O) groups excluding carboxylic acids is 2. The first kappa shape index (κ1) is 36.4. The minimum absolute atomic E-state index is 0.0790. The van der Waals surface area contributed by atoms with Crippen LogP contribution in [0.1, 0.15) is 57.1 Å². The van der Waals surface area contributed by atoms with Gasteiger partial charge in [-0.2, -0.15) is 13.2 Å². The maximum Gasteiger partial charge on any atom is 0.490 e. The minimum Gasteiger partial charge on any atom is -0.475 e. The summed E-state index contributed by atoms with van der Waals surface area (Å²) in [6.07, 6.45) is -3.27. The first-order valence-corrected chi connectivity index (χ1v) is 16.0. The van der Waals surface area contributed by atoms with Crippen LogP contribution in [0.4, 0.5) is 18.9 Å². The number of anilines is 1. The van der Waals surface area contributed by atoms with Crippen LogP contribution in [0.25, 0.3) is 0 Å². The van der Waals surface area contributed by atoms with E-state index in [9.17, 15) is 22.8 Å². The molecule has 3 aliphatic heterocycles. The molecule has 1 amide bonds. The summed E-state index contributed by atoms with van der Waals surface area (Å²) in [7, 11) is 0. The molecule has 252 valence electrons. The van der Waals surface area contributed by atoms with Gasteiger partial charge in [0.25, 0.3) is 0 Å². The van der Waals surface area contributed by atoms with Crippen molar-refractivity contribution < 1.29 is 37.4 Å². The Kier molecular flexibility index (Phi) is 11.4. The van der Waals surface area contributed by atoms with Gasteiger partial charge in [-0.05, 0) is 54.1 Å². The standard InChI is InChI=1S/C30H36Cl3N3O3.C2HF3O2/c1-29(2,3)17-24-30(20-10-9-18(31)16-22(20)34-28(30)38)25(19-6-4-7-21(32)26(19)33)27(35-24)23(37)8-5-11-36-12-14-39-15-13-36;3-2(4,5)1(6)7/h4,6-7,9-10,16,24-25,27,35H,5,8,11-15,17H2,1-3H3,(H,34,38);(H,6,7)/t24-,25+,27+,30+;/m1./s1. The second-order valence-electron chi connectivity index (χ2n) is 12.9. The maximum absolute atomic E-state index is 14.2. The van der Waals surface area contributed by atoms with Gasteiger partial charge in [0, 0.05) is 42.2 Å². The third-order valence-corrected chi connectivity index (χ3v) is 9.60. The molecule has 1 spiro atoms. The number of carboxylic acid groups (broad SMARTS) is 1. The smallest absolute Gasteiger partial charge is 0.475 e. The summed E-state index contributed by atoms with van der Waals surface area (Å²) in [6.45, 7) is 10.5. The zero-order valence-corrected chi connectivity index (χ0v) is 27.9. The van der Waals surface area contributed by atoms with Crippen molar-refractivity contribution in [3.05, 3.63) is 62.6 Å². The molecule has 3 aliphatic rings. The number of ether oxygens (including phenoxy) is 1. The number of alkyl halides is 3. The zero-order chi connectivity index (χ0) is 34.0. The van der Waals surface area contributed by atoms with Crippen LogP contribution in [0, 0.1) is 5.41 Å². The molecule has 2 aromatic carbocycles. The van der Waals surface area contributed by atoms with Crippen molar-refractivity contribution in [1.82, 2.24) is 10.2 Å². The first-order chi connectivity index (χ1) is 21.5. The number of aliphatic carboxylic acids is 1. The van der Waals surface area contributed by atoms with Gasteiger partial charge in [-0.3, -0.25) is 14.5 Å². The lowest BCUT2D eigenvalue weighted by atomic mass is 9.62. The van der Waals surface area contributed by atoms with Gasteiger partial charge in [-0.25, -0.2) is 4.79 Å². The third kappa shape index (κ3) is 7.82. The molecule has 46 heavy (non-hydrogen) atoms. The predicted molar refractivity (Wildman–Crippen MR) is 171 cm³/mol. The number of nitrogens with zero attached hydrogens (tertiary/aromatic N) is 1. The third-order valence-electron chi connectivity index (χ3n) is 8.53. The van der Waals surface area contributed by atoms with Crippen LogP contribution < -0.4 is 10.6 Å². The van der Waals surface area contributed by atoms with E-state index in [4.69, 9.17) is 49.4 Å². The summed E-state index contributed by atoms with van der Waals surface area (Å²) < 4.78 is 37.2. The molecule has 0 aromatic heterocycles. The van der Waals surface area contributed by atoms with Crippen LogP contribution in [0.2, 0.25) is 15.1 Å². The van der Waals surface area contributed by atoms with E-state index in [0.717, 1.165) is 44.8 Å². The van der Waals surface area contributed by atoms with Crippen molar-refractivity contribution in [1.29, 1.82) is 0 Å². The fourth-order valence-corrected chi connectivity index (χ4v) is 7.26. The van der Waals surface area contributed by atoms with Crippen LogP contribution in [0.5, 0.6) is 0 Å². The largest absolute Gasteiger partial charge is 0.490 e. The van der Waals surface area contributed by atoms with Crippen LogP contribution in [0.3, 0.4) is 0 Å². The quantitative estimate of drug-likeness (QED) is 0.294. The number of carbonyl (C=O) groups is 3. The Morgan fingerprint density at radius 3 is 2.35 bits per heavy atom. The average molecular weight is 707 g/mol. The maximum atomic E-state index is 14.2. The van der Waals surface area contributed by atoms with E-state index >= 15 is 0 Å². The molecule has 0 aliphatic carbocycles. The minimum atomic E-state index is -5.08. The van der Waals surface area contributed by atoms with Gasteiger partial charge in [0.2, 0.25) is 5.91 Å². The highest BCUT2D eigenvalue weighted by molar-refractivity contribution is 6.42. The number of nitrogens with one attached hydrogen (secondary N) is 2. The molecular formula is C32H37Cl3F3N3O5. The van der Waals surface area contributed by atoms with Crippen molar-refractivity contribution in [3.63, 3.8) is 0 Å². The molecule has 5 rings (SSSR count). The first-order valence-electron chi connectivity index (χ1n) is 14.9. The van der Waals surface area contributed by atoms with Crippen LogP contribution in [0.15, 0.2) is 36.4 Å². The molecule has 0 saturated carbocycles. The van der Waals surface area contributed by atoms with E-state index < -0.39 is 29.5 Å². The van der Waals surface area contributed by atoms with Gasteiger partial charge in [0.05, 0.1) is 29.3 Å². The SMILES string of the molecule is CC(C)(C)C[C@H]1N[C@@H](C(=O)CCCN2CCOCC2)[C@H](c2cccc(Cl)c2Cl)[C@@]12C(=O)Nc1cc(Cl)ccc12.O=C(O)C(F)(F)F. The lowest BCUT2D eigenvalue weighted by Gasteiger charge is -2.38. The number of morpholine rings is 1. The number of fused-ring (bicyclic) bond motifs is 2. The number of benzene rings is 2. The van der Waals surface area contributed by atoms with Crippen LogP contribution in [-0.2, 0) is 24.5 Å². The molecule has 0 radical (unpaired) electrons. The van der Waals surface area contributed by atoms with Gasteiger partial charge in [-0.1, -0.05) is 73.8 Å². The summed E-state index contributed by atoms with van der Waals surface area (Å²) in [6, 6.07) is 10.1. The molecule has 0 unspecified atom stereocenters. The molecule has 8 nitrogen and oxygen atoms in total. The van der Waals surface area contributed by atoms with Crippen molar-refractivity contribution in [2.45, 2.75) is 69.6 Å². The van der Waals surface area contributed by atoms with Gasteiger partial charge in [0.1, 0.15) is 11.2 Å². The van der Waals surface area contributed by atoms with E-state index in [1.54, 1.807) is 12.1 Å². The molecule has 2 fully saturated rings. The van der Waals surface area contributed by atoms with E-state index in [1.807, 2.05) is 24.3 Å². The fourth-order valence-electron chi connectivity index (χ4n) is 6.66. The zero-order valence-electron chi connectivity index (χ0n) is 25.6. The molecule has 14 heteroatoms. The number of Topliss-reactive ketones (excluding diaryl/α,β-unsaturated/α-hetero) is 1. The number of hydrogen-bond donors (Lipinski definition) is 3. The Balaban J connectivity index is 0.000000617. The molecule has 2 aromatic rings.